The predicted octanol–water partition coefficient (Wildman–Crippen LogP) is 6.47. The van der Waals surface area contributed by atoms with Crippen LogP contribution in [0.25, 0.3) is 0 Å². The van der Waals surface area contributed by atoms with Crippen molar-refractivity contribution < 1.29 is 27.2 Å². The quantitative estimate of drug-likeness (QED) is 0.354. The van der Waals surface area contributed by atoms with Gasteiger partial charge in [0.05, 0.1) is 11.7 Å². The van der Waals surface area contributed by atoms with Crippen molar-refractivity contribution in [3.05, 3.63) is 65.7 Å². The molecule has 2 aliphatic rings. The molecule has 0 spiro atoms. The third-order valence-electron chi connectivity index (χ3n) is 8.13. The predicted molar refractivity (Wildman–Crippen MR) is 142 cm³/mol. The van der Waals surface area contributed by atoms with E-state index in [0.717, 1.165) is 43.6 Å². The SMILES string of the molecule is C[C@@H](C[C@H](NC(=O)C1CCC(F)(F)CC1)c1ccccc1)N1CCC(CC(=O)Nc2ccc(F)cc2F)CC1. The Bertz CT molecular complexity index is 1110. The van der Waals surface area contributed by atoms with Gasteiger partial charge in [0.2, 0.25) is 17.7 Å². The van der Waals surface area contributed by atoms with Crippen molar-refractivity contribution in [2.45, 2.75) is 76.3 Å². The Labute approximate surface area is 227 Å². The Hall–Kier alpha value is -2.94. The number of anilines is 1. The second-order valence-corrected chi connectivity index (χ2v) is 11.0. The Morgan fingerprint density at radius 3 is 2.31 bits per heavy atom. The minimum Gasteiger partial charge on any atom is -0.349 e. The van der Waals surface area contributed by atoms with Crippen LogP contribution in [0.5, 0.6) is 0 Å². The van der Waals surface area contributed by atoms with Gasteiger partial charge in [0.1, 0.15) is 11.6 Å². The van der Waals surface area contributed by atoms with Crippen molar-refractivity contribution in [2.24, 2.45) is 11.8 Å². The first kappa shape index (κ1) is 29.1. The van der Waals surface area contributed by atoms with Gasteiger partial charge in [0, 0.05) is 37.3 Å². The summed E-state index contributed by atoms with van der Waals surface area (Å²) in [5.74, 6) is -4.85. The number of rotatable bonds is 9. The molecule has 2 aromatic carbocycles. The van der Waals surface area contributed by atoms with E-state index in [4.69, 9.17) is 0 Å². The smallest absolute Gasteiger partial charge is 0.248 e. The molecular weight excluding hydrogens is 510 g/mol. The van der Waals surface area contributed by atoms with E-state index >= 15 is 0 Å². The number of hydrogen-bond acceptors (Lipinski definition) is 3. The second kappa shape index (κ2) is 12.9. The van der Waals surface area contributed by atoms with Crippen molar-refractivity contribution >= 4 is 17.5 Å². The molecule has 5 nitrogen and oxygen atoms in total. The molecule has 212 valence electrons. The van der Waals surface area contributed by atoms with Crippen molar-refractivity contribution in [3.63, 3.8) is 0 Å². The first-order chi connectivity index (χ1) is 18.6. The van der Waals surface area contributed by atoms with Gasteiger partial charge in [-0.1, -0.05) is 30.3 Å². The molecule has 0 radical (unpaired) electrons. The molecule has 39 heavy (non-hydrogen) atoms. The molecule has 2 fully saturated rings. The molecule has 2 atom stereocenters. The van der Waals surface area contributed by atoms with Gasteiger partial charge in [-0.05, 0) is 75.7 Å². The van der Waals surface area contributed by atoms with Crippen LogP contribution in [-0.4, -0.2) is 41.8 Å². The maximum Gasteiger partial charge on any atom is 0.248 e. The van der Waals surface area contributed by atoms with Crippen molar-refractivity contribution in [1.29, 1.82) is 0 Å². The zero-order chi connectivity index (χ0) is 28.0. The molecule has 2 aromatic rings. The monoisotopic (exact) mass is 547 g/mol. The fraction of sp³-hybridized carbons (Fsp3) is 0.533. The topological polar surface area (TPSA) is 61.4 Å². The summed E-state index contributed by atoms with van der Waals surface area (Å²) in [5, 5.41) is 5.69. The molecule has 2 amide bonds. The van der Waals surface area contributed by atoms with Gasteiger partial charge in [-0.15, -0.1) is 0 Å². The molecule has 2 N–H and O–H groups in total. The van der Waals surface area contributed by atoms with Gasteiger partial charge in [0.25, 0.3) is 0 Å². The summed E-state index contributed by atoms with van der Waals surface area (Å²) in [5.41, 5.74) is 0.960. The van der Waals surface area contributed by atoms with Gasteiger partial charge >= 0.3 is 0 Å². The average molecular weight is 548 g/mol. The maximum absolute atomic E-state index is 13.9. The van der Waals surface area contributed by atoms with Crippen molar-refractivity contribution in [2.75, 3.05) is 18.4 Å². The van der Waals surface area contributed by atoms with E-state index in [1.54, 1.807) is 0 Å². The minimum absolute atomic E-state index is 0.0246. The number of amides is 2. The Kier molecular flexibility index (Phi) is 9.64. The number of likely N-dealkylation sites (tertiary alicyclic amines) is 1. The van der Waals surface area contributed by atoms with E-state index in [0.29, 0.717) is 6.42 Å². The third-order valence-corrected chi connectivity index (χ3v) is 8.13. The van der Waals surface area contributed by atoms with Gasteiger partial charge < -0.3 is 15.5 Å². The molecule has 0 unspecified atom stereocenters. The molecule has 9 heteroatoms. The van der Waals surface area contributed by atoms with Crippen LogP contribution in [0.4, 0.5) is 23.2 Å². The number of nitrogens with zero attached hydrogens (tertiary/aromatic N) is 1. The summed E-state index contributed by atoms with van der Waals surface area (Å²) in [7, 11) is 0. The van der Waals surface area contributed by atoms with Gasteiger partial charge in [-0.3, -0.25) is 9.59 Å². The first-order valence-electron chi connectivity index (χ1n) is 13.8. The Morgan fingerprint density at radius 1 is 1.00 bits per heavy atom. The summed E-state index contributed by atoms with van der Waals surface area (Å²) in [6.07, 6.45) is 2.46. The lowest BCUT2D eigenvalue weighted by molar-refractivity contribution is -0.130. The first-order valence-corrected chi connectivity index (χ1v) is 13.8. The minimum atomic E-state index is -2.67. The second-order valence-electron chi connectivity index (χ2n) is 11.0. The molecule has 1 aliphatic carbocycles. The molecule has 1 heterocycles. The highest BCUT2D eigenvalue weighted by Crippen LogP contribution is 2.37. The number of carbonyl (C=O) groups is 2. The number of hydrogen-bond donors (Lipinski definition) is 2. The van der Waals surface area contributed by atoms with Gasteiger partial charge in [-0.25, -0.2) is 17.6 Å². The zero-order valence-corrected chi connectivity index (χ0v) is 22.3. The Balaban J connectivity index is 1.28. The number of nitrogens with one attached hydrogen (secondary N) is 2. The molecule has 0 bridgehead atoms. The molecule has 1 saturated carbocycles. The normalized spacial score (nSPS) is 20.2. The van der Waals surface area contributed by atoms with Gasteiger partial charge in [0.15, 0.2) is 0 Å². The molecule has 0 aromatic heterocycles. The van der Waals surface area contributed by atoms with Crippen molar-refractivity contribution in [1.82, 2.24) is 10.2 Å². The fourth-order valence-electron chi connectivity index (χ4n) is 5.70. The van der Waals surface area contributed by atoms with Crippen LogP contribution in [0.1, 0.15) is 69.9 Å². The summed E-state index contributed by atoms with van der Waals surface area (Å²) >= 11 is 0. The highest BCUT2D eigenvalue weighted by molar-refractivity contribution is 5.91. The summed E-state index contributed by atoms with van der Waals surface area (Å²) in [6.45, 7) is 3.70. The third kappa shape index (κ3) is 8.27. The summed E-state index contributed by atoms with van der Waals surface area (Å²) in [4.78, 5) is 27.8. The number of carbonyl (C=O) groups excluding carboxylic acids is 2. The number of alkyl halides is 2. The number of halogens is 4. The molecule has 4 rings (SSSR count). The van der Waals surface area contributed by atoms with Crippen LogP contribution < -0.4 is 10.6 Å². The van der Waals surface area contributed by atoms with Crippen LogP contribution in [0.3, 0.4) is 0 Å². The van der Waals surface area contributed by atoms with Gasteiger partial charge in [-0.2, -0.15) is 0 Å². The van der Waals surface area contributed by atoms with E-state index in [9.17, 15) is 27.2 Å². The van der Waals surface area contributed by atoms with Crippen LogP contribution in [-0.2, 0) is 9.59 Å². The van der Waals surface area contributed by atoms with Crippen molar-refractivity contribution in [3.8, 4) is 0 Å². The maximum atomic E-state index is 13.9. The van der Waals surface area contributed by atoms with Crippen LogP contribution >= 0.6 is 0 Å². The van der Waals surface area contributed by atoms with E-state index in [1.807, 2.05) is 30.3 Å². The largest absolute Gasteiger partial charge is 0.349 e. The summed E-state index contributed by atoms with van der Waals surface area (Å²) < 4.78 is 54.1. The zero-order valence-electron chi connectivity index (χ0n) is 22.3. The average Bonchev–Trinajstić information content (AvgIpc) is 2.90. The lowest BCUT2D eigenvalue weighted by Gasteiger charge is -2.38. The lowest BCUT2D eigenvalue weighted by Crippen LogP contribution is -2.44. The standard InChI is InChI=1S/C30H37F4N3O2/c1-20(37-15-11-21(12-16-37)18-28(38)35-26-8-7-24(31)19-25(26)32)17-27(22-5-3-2-4-6-22)36-29(39)23-9-13-30(33,34)14-10-23/h2-8,19-21,23,27H,9-18H2,1H3,(H,35,38)(H,36,39)/t20-,27-/m0/s1. The molecular formula is C30H37F4N3O2. The number of piperidine rings is 1. The van der Waals surface area contributed by atoms with Crippen LogP contribution in [0, 0.1) is 23.5 Å². The van der Waals surface area contributed by atoms with Crippen LogP contribution in [0.15, 0.2) is 48.5 Å². The highest BCUT2D eigenvalue weighted by Gasteiger charge is 2.38. The molecule has 1 saturated heterocycles. The van der Waals surface area contributed by atoms with Crippen LogP contribution in [0.2, 0.25) is 0 Å². The summed E-state index contributed by atoms with van der Waals surface area (Å²) in [6, 6.07) is 12.7. The van der Waals surface area contributed by atoms with E-state index in [-0.39, 0.29) is 67.6 Å². The lowest BCUT2D eigenvalue weighted by atomic mass is 9.85. The van der Waals surface area contributed by atoms with E-state index < -0.39 is 23.5 Å². The number of benzene rings is 2. The van der Waals surface area contributed by atoms with E-state index in [1.165, 1.54) is 6.07 Å². The fourth-order valence-corrected chi connectivity index (χ4v) is 5.70. The molecule has 1 aliphatic heterocycles. The highest BCUT2D eigenvalue weighted by atomic mass is 19.3. The van der Waals surface area contributed by atoms with E-state index in [2.05, 4.69) is 22.5 Å². The Morgan fingerprint density at radius 2 is 1.67 bits per heavy atom.